The lowest BCUT2D eigenvalue weighted by molar-refractivity contribution is 0.442. The molecule has 0 spiro atoms. The number of fused-ring (bicyclic) bond motifs is 1. The van der Waals surface area contributed by atoms with Crippen molar-refractivity contribution in [3.05, 3.63) is 48.8 Å². The molecule has 3 aromatic rings. The number of nitrogens with zero attached hydrogens (tertiary/aromatic N) is 3. The second-order valence-electron chi connectivity index (χ2n) is 6.78. The lowest BCUT2D eigenvalue weighted by Crippen LogP contribution is -2.40. The molecule has 2 aromatic carbocycles. The molecule has 1 aliphatic rings. The van der Waals surface area contributed by atoms with Gasteiger partial charge in [0.15, 0.2) is 5.82 Å². The van der Waals surface area contributed by atoms with Crippen LogP contribution in [-0.2, 0) is 0 Å². The Bertz CT molecular complexity index is 911. The molecule has 4 rings (SSSR count). The number of ether oxygens (including phenoxy) is 1. The first-order chi connectivity index (χ1) is 12.8. The zero-order valence-corrected chi connectivity index (χ0v) is 15.1. The predicted octanol–water partition coefficient (Wildman–Crippen LogP) is 4.77. The van der Waals surface area contributed by atoms with Gasteiger partial charge < -0.3 is 15.4 Å². The Morgan fingerprint density at radius 2 is 1.96 bits per heavy atom. The summed E-state index contributed by atoms with van der Waals surface area (Å²) in [5, 5.41) is 2.30. The van der Waals surface area contributed by atoms with E-state index in [1.54, 1.807) is 6.33 Å². The van der Waals surface area contributed by atoms with E-state index in [0.29, 0.717) is 17.6 Å². The molecule has 1 saturated heterocycles. The van der Waals surface area contributed by atoms with Crippen LogP contribution in [0.15, 0.2) is 48.8 Å². The van der Waals surface area contributed by atoms with Gasteiger partial charge in [-0.05, 0) is 48.6 Å². The molecule has 1 fully saturated rings. The molecule has 2 N–H and O–H groups in total. The Morgan fingerprint density at radius 3 is 2.81 bits per heavy atom. The number of anilines is 2. The predicted molar refractivity (Wildman–Crippen MR) is 106 cm³/mol. The molecule has 1 aliphatic heterocycles. The molecule has 0 aliphatic carbocycles. The van der Waals surface area contributed by atoms with Crippen molar-refractivity contribution in [1.82, 2.24) is 9.97 Å². The minimum Gasteiger partial charge on any atom is -0.437 e. The van der Waals surface area contributed by atoms with Gasteiger partial charge in [0, 0.05) is 12.6 Å². The van der Waals surface area contributed by atoms with Crippen LogP contribution in [0.3, 0.4) is 0 Å². The minimum absolute atomic E-state index is 0.422. The summed E-state index contributed by atoms with van der Waals surface area (Å²) in [6, 6.07) is 14.7. The number of aromatic nitrogens is 2. The number of hydrogen-bond acceptors (Lipinski definition) is 5. The Balaban J connectivity index is 1.64. The van der Waals surface area contributed by atoms with Gasteiger partial charge in [0.1, 0.15) is 17.8 Å². The summed E-state index contributed by atoms with van der Waals surface area (Å²) in [7, 11) is 0. The fourth-order valence-electron chi connectivity index (χ4n) is 3.73. The monoisotopic (exact) mass is 348 g/mol. The highest BCUT2D eigenvalue weighted by atomic mass is 16.5. The number of nitrogen functional groups attached to an aromatic ring is 1. The zero-order valence-electron chi connectivity index (χ0n) is 15.1. The summed E-state index contributed by atoms with van der Waals surface area (Å²) < 4.78 is 6.01. The Morgan fingerprint density at radius 1 is 1.12 bits per heavy atom. The topological polar surface area (TPSA) is 64.3 Å². The van der Waals surface area contributed by atoms with Crippen LogP contribution in [0.4, 0.5) is 11.5 Å². The average Bonchev–Trinajstić information content (AvgIpc) is 2.69. The fourth-order valence-corrected chi connectivity index (χ4v) is 3.73. The first-order valence-electron chi connectivity index (χ1n) is 9.30. The SMILES string of the molecule is CCC1CCCCN1c1ncnc(Oc2ccc3ccccc3c2)c1N. The van der Waals surface area contributed by atoms with E-state index in [1.807, 2.05) is 30.3 Å². The maximum atomic E-state index is 6.40. The second kappa shape index (κ2) is 7.20. The number of rotatable bonds is 4. The largest absolute Gasteiger partial charge is 0.437 e. The smallest absolute Gasteiger partial charge is 0.248 e. The number of hydrogen-bond donors (Lipinski definition) is 1. The molecule has 0 amide bonds. The van der Waals surface area contributed by atoms with Crippen molar-refractivity contribution in [1.29, 1.82) is 0 Å². The summed E-state index contributed by atoms with van der Waals surface area (Å²) in [4.78, 5) is 11.1. The summed E-state index contributed by atoms with van der Waals surface area (Å²) >= 11 is 0. The molecule has 0 bridgehead atoms. The van der Waals surface area contributed by atoms with Crippen molar-refractivity contribution in [3.63, 3.8) is 0 Å². The third kappa shape index (κ3) is 3.17. The highest BCUT2D eigenvalue weighted by molar-refractivity contribution is 5.84. The minimum atomic E-state index is 0.422. The fraction of sp³-hybridized carbons (Fsp3) is 0.333. The number of nitrogens with two attached hydrogens (primary N) is 1. The molecule has 1 atom stereocenters. The Labute approximate surface area is 153 Å². The summed E-state index contributed by atoms with van der Waals surface area (Å²) in [5.41, 5.74) is 6.91. The standard InChI is InChI=1S/C21H24N4O/c1-2-17-9-5-6-12-25(17)20-19(22)21(24-14-23-20)26-18-11-10-15-7-3-4-8-16(15)13-18/h3-4,7-8,10-11,13-14,17H,2,5-6,9,12,22H2,1H3. The van der Waals surface area contributed by atoms with Gasteiger partial charge in [-0.1, -0.05) is 37.3 Å². The van der Waals surface area contributed by atoms with E-state index in [9.17, 15) is 0 Å². The molecule has 5 nitrogen and oxygen atoms in total. The Hall–Kier alpha value is -2.82. The first-order valence-corrected chi connectivity index (χ1v) is 9.30. The van der Waals surface area contributed by atoms with E-state index >= 15 is 0 Å². The second-order valence-corrected chi connectivity index (χ2v) is 6.78. The molecule has 0 saturated carbocycles. The van der Waals surface area contributed by atoms with Gasteiger partial charge >= 0.3 is 0 Å². The van der Waals surface area contributed by atoms with Gasteiger partial charge in [-0.25, -0.2) is 4.98 Å². The van der Waals surface area contributed by atoms with E-state index in [1.165, 1.54) is 24.6 Å². The molecule has 134 valence electrons. The molecule has 2 heterocycles. The average molecular weight is 348 g/mol. The summed E-state index contributed by atoms with van der Waals surface area (Å²) in [6.45, 7) is 3.20. The van der Waals surface area contributed by atoms with Gasteiger partial charge in [-0.2, -0.15) is 4.98 Å². The van der Waals surface area contributed by atoms with Crippen LogP contribution >= 0.6 is 0 Å². The highest BCUT2D eigenvalue weighted by Gasteiger charge is 2.25. The van der Waals surface area contributed by atoms with Crippen LogP contribution in [0.25, 0.3) is 10.8 Å². The lowest BCUT2D eigenvalue weighted by atomic mass is 10.00. The van der Waals surface area contributed by atoms with E-state index in [4.69, 9.17) is 10.5 Å². The molecule has 26 heavy (non-hydrogen) atoms. The van der Waals surface area contributed by atoms with E-state index < -0.39 is 0 Å². The maximum absolute atomic E-state index is 6.40. The van der Waals surface area contributed by atoms with Gasteiger partial charge in [-0.15, -0.1) is 0 Å². The summed E-state index contributed by atoms with van der Waals surface area (Å²) in [5.74, 6) is 1.94. The van der Waals surface area contributed by atoms with Crippen molar-refractivity contribution in [2.45, 2.75) is 38.6 Å². The molecule has 5 heteroatoms. The van der Waals surface area contributed by atoms with Crippen LogP contribution in [0.2, 0.25) is 0 Å². The molecule has 1 unspecified atom stereocenters. The maximum Gasteiger partial charge on any atom is 0.248 e. The van der Waals surface area contributed by atoms with E-state index in [-0.39, 0.29) is 0 Å². The van der Waals surface area contributed by atoms with E-state index in [0.717, 1.165) is 29.9 Å². The van der Waals surface area contributed by atoms with Crippen molar-refractivity contribution in [3.8, 4) is 11.6 Å². The van der Waals surface area contributed by atoms with Gasteiger partial charge in [0.2, 0.25) is 5.88 Å². The van der Waals surface area contributed by atoms with Crippen LogP contribution in [0.1, 0.15) is 32.6 Å². The normalized spacial score (nSPS) is 17.4. The zero-order chi connectivity index (χ0) is 17.9. The van der Waals surface area contributed by atoms with Crippen molar-refractivity contribution in [2.75, 3.05) is 17.2 Å². The van der Waals surface area contributed by atoms with Crippen molar-refractivity contribution in [2.24, 2.45) is 0 Å². The van der Waals surface area contributed by atoms with Crippen molar-refractivity contribution < 1.29 is 4.74 Å². The molecule has 0 radical (unpaired) electrons. The third-order valence-electron chi connectivity index (χ3n) is 5.13. The van der Waals surface area contributed by atoms with Gasteiger partial charge in [0.05, 0.1) is 0 Å². The first kappa shape index (κ1) is 16.6. The van der Waals surface area contributed by atoms with Gasteiger partial charge in [0.25, 0.3) is 0 Å². The molecular formula is C21H24N4O. The molecule has 1 aromatic heterocycles. The number of piperidine rings is 1. The number of benzene rings is 2. The van der Waals surface area contributed by atoms with Crippen molar-refractivity contribution >= 4 is 22.3 Å². The van der Waals surface area contributed by atoms with Crippen LogP contribution in [-0.4, -0.2) is 22.6 Å². The Kier molecular flexibility index (Phi) is 4.61. The third-order valence-corrected chi connectivity index (χ3v) is 5.13. The lowest BCUT2D eigenvalue weighted by Gasteiger charge is -2.36. The van der Waals surface area contributed by atoms with Crippen LogP contribution < -0.4 is 15.4 Å². The van der Waals surface area contributed by atoms with Gasteiger partial charge in [-0.3, -0.25) is 0 Å². The van der Waals surface area contributed by atoms with E-state index in [2.05, 4.69) is 33.9 Å². The van der Waals surface area contributed by atoms with Crippen LogP contribution in [0.5, 0.6) is 11.6 Å². The quantitative estimate of drug-likeness (QED) is 0.735. The highest BCUT2D eigenvalue weighted by Crippen LogP contribution is 2.35. The van der Waals surface area contributed by atoms with Crippen LogP contribution in [0, 0.1) is 0 Å². The summed E-state index contributed by atoms with van der Waals surface area (Å²) in [6.07, 6.45) is 6.25. The molecular weight excluding hydrogens is 324 g/mol.